The van der Waals surface area contributed by atoms with E-state index in [2.05, 4.69) is 15.7 Å². The summed E-state index contributed by atoms with van der Waals surface area (Å²) in [6.07, 6.45) is 3.11. The van der Waals surface area contributed by atoms with Gasteiger partial charge in [-0.25, -0.2) is 0 Å². The summed E-state index contributed by atoms with van der Waals surface area (Å²) in [6.45, 7) is 2.59. The van der Waals surface area contributed by atoms with Gasteiger partial charge in [0.05, 0.1) is 45.4 Å². The van der Waals surface area contributed by atoms with Gasteiger partial charge < -0.3 is 29.3 Å². The molecule has 10 heteroatoms. The molecule has 164 valence electrons. The van der Waals surface area contributed by atoms with Gasteiger partial charge in [-0.15, -0.1) is 0 Å². The van der Waals surface area contributed by atoms with Gasteiger partial charge in [0.25, 0.3) is 11.8 Å². The fourth-order valence-corrected chi connectivity index (χ4v) is 2.98. The van der Waals surface area contributed by atoms with Crippen molar-refractivity contribution < 1.29 is 28.2 Å². The molecule has 0 aliphatic heterocycles. The molecule has 0 atom stereocenters. The van der Waals surface area contributed by atoms with Crippen LogP contribution in [0.5, 0.6) is 17.2 Å². The van der Waals surface area contributed by atoms with Crippen LogP contribution in [0.25, 0.3) is 0 Å². The van der Waals surface area contributed by atoms with E-state index in [0.717, 1.165) is 0 Å². The van der Waals surface area contributed by atoms with Crippen LogP contribution in [-0.2, 0) is 13.1 Å². The number of hydrogen-bond acceptors (Lipinski definition) is 7. The highest BCUT2D eigenvalue weighted by Gasteiger charge is 2.24. The molecular weight excluding hydrogens is 404 g/mol. The first-order valence-corrected chi connectivity index (χ1v) is 9.50. The van der Waals surface area contributed by atoms with E-state index in [1.807, 2.05) is 6.92 Å². The molecule has 0 aliphatic rings. The van der Waals surface area contributed by atoms with Crippen molar-refractivity contribution in [2.45, 2.75) is 20.0 Å². The monoisotopic (exact) mass is 428 g/mol. The maximum Gasteiger partial charge on any atom is 0.274 e. The molecule has 2 heterocycles. The Morgan fingerprint density at radius 3 is 2.45 bits per heavy atom. The molecule has 0 spiro atoms. The van der Waals surface area contributed by atoms with Crippen molar-refractivity contribution in [1.82, 2.24) is 15.1 Å². The highest BCUT2D eigenvalue weighted by atomic mass is 16.5. The van der Waals surface area contributed by atoms with Crippen molar-refractivity contribution in [3.63, 3.8) is 0 Å². The summed E-state index contributed by atoms with van der Waals surface area (Å²) in [7, 11) is 4.37. The summed E-state index contributed by atoms with van der Waals surface area (Å²) in [5.41, 5.74) is 0.563. The predicted octanol–water partition coefficient (Wildman–Crippen LogP) is 2.70. The summed E-state index contributed by atoms with van der Waals surface area (Å²) in [4.78, 5) is 25.7. The third-order valence-corrected chi connectivity index (χ3v) is 4.50. The van der Waals surface area contributed by atoms with Crippen LogP contribution >= 0.6 is 0 Å². The lowest BCUT2D eigenvalue weighted by Crippen LogP contribution is -2.25. The Hall–Kier alpha value is -3.95. The number of carbonyl (C=O) groups is 2. The number of nitrogens with zero attached hydrogens (tertiary/aromatic N) is 2. The minimum Gasteiger partial charge on any atom is -0.493 e. The average molecular weight is 428 g/mol. The molecule has 10 nitrogen and oxygen atoms in total. The zero-order valence-corrected chi connectivity index (χ0v) is 17.7. The highest BCUT2D eigenvalue weighted by Crippen LogP contribution is 2.40. The van der Waals surface area contributed by atoms with Gasteiger partial charge in [-0.05, 0) is 31.2 Å². The molecule has 2 aromatic heterocycles. The normalized spacial score (nSPS) is 10.5. The minimum atomic E-state index is -0.492. The number of hydrogen-bond donors (Lipinski definition) is 2. The lowest BCUT2D eigenvalue weighted by atomic mass is 10.1. The molecule has 0 fully saturated rings. The quantitative estimate of drug-likeness (QED) is 0.538. The summed E-state index contributed by atoms with van der Waals surface area (Å²) < 4.78 is 22.7. The standard InChI is InChI=1S/C21H24N4O6/c1-5-25-12-15(17(24-25)21(27)22-11-13-7-6-10-31-13)23-20(26)14-8-9-16(28-2)19(30-4)18(14)29-3/h6-10,12H,5,11H2,1-4H3,(H,22,27)(H,23,26). The Morgan fingerprint density at radius 2 is 1.84 bits per heavy atom. The minimum absolute atomic E-state index is 0.0844. The largest absolute Gasteiger partial charge is 0.493 e. The molecule has 0 unspecified atom stereocenters. The maximum atomic E-state index is 13.0. The van der Waals surface area contributed by atoms with Gasteiger partial charge in [0, 0.05) is 12.7 Å². The van der Waals surface area contributed by atoms with Gasteiger partial charge in [0.2, 0.25) is 5.75 Å². The smallest absolute Gasteiger partial charge is 0.274 e. The summed E-state index contributed by atoms with van der Waals surface area (Å²) >= 11 is 0. The number of aryl methyl sites for hydroxylation is 1. The number of aromatic nitrogens is 2. The summed E-state index contributed by atoms with van der Waals surface area (Å²) in [5.74, 6) is 0.590. The Balaban J connectivity index is 1.86. The van der Waals surface area contributed by atoms with E-state index >= 15 is 0 Å². The number of amides is 2. The molecule has 0 radical (unpaired) electrons. The van der Waals surface area contributed by atoms with Crippen LogP contribution in [0.2, 0.25) is 0 Å². The van der Waals surface area contributed by atoms with Crippen molar-refractivity contribution in [2.75, 3.05) is 26.6 Å². The van der Waals surface area contributed by atoms with Gasteiger partial charge in [0.1, 0.15) is 5.76 Å². The van der Waals surface area contributed by atoms with Crippen LogP contribution in [0.15, 0.2) is 41.1 Å². The maximum absolute atomic E-state index is 13.0. The second kappa shape index (κ2) is 9.70. The van der Waals surface area contributed by atoms with Crippen molar-refractivity contribution in [3.8, 4) is 17.2 Å². The zero-order chi connectivity index (χ0) is 22.4. The van der Waals surface area contributed by atoms with Crippen molar-refractivity contribution in [1.29, 1.82) is 0 Å². The number of methoxy groups -OCH3 is 3. The molecule has 0 saturated heterocycles. The van der Waals surface area contributed by atoms with Crippen molar-refractivity contribution >= 4 is 17.5 Å². The molecule has 2 amide bonds. The number of rotatable bonds is 9. The molecule has 3 aromatic rings. The Kier molecular flexibility index (Phi) is 6.81. The first-order valence-electron chi connectivity index (χ1n) is 9.50. The average Bonchev–Trinajstić information content (AvgIpc) is 3.46. The van der Waals surface area contributed by atoms with Crippen LogP contribution in [0.1, 0.15) is 33.5 Å². The van der Waals surface area contributed by atoms with E-state index in [9.17, 15) is 9.59 Å². The predicted molar refractivity (Wildman–Crippen MR) is 112 cm³/mol. The van der Waals surface area contributed by atoms with Crippen molar-refractivity contribution in [2.24, 2.45) is 0 Å². The molecule has 0 bridgehead atoms. The first kappa shape index (κ1) is 21.8. The number of ether oxygens (including phenoxy) is 3. The lowest BCUT2D eigenvalue weighted by molar-refractivity contribution is 0.0943. The Morgan fingerprint density at radius 1 is 1.06 bits per heavy atom. The number of anilines is 1. The third-order valence-electron chi connectivity index (χ3n) is 4.50. The van der Waals surface area contributed by atoms with E-state index in [0.29, 0.717) is 23.8 Å². The SMILES string of the molecule is CCn1cc(NC(=O)c2ccc(OC)c(OC)c2OC)c(C(=O)NCc2ccco2)n1. The van der Waals surface area contributed by atoms with Gasteiger partial charge >= 0.3 is 0 Å². The second-order valence-corrected chi connectivity index (χ2v) is 6.35. The fraction of sp³-hybridized carbons (Fsp3) is 0.286. The van der Waals surface area contributed by atoms with E-state index in [1.54, 1.807) is 35.1 Å². The molecule has 1 aromatic carbocycles. The van der Waals surface area contributed by atoms with E-state index in [1.165, 1.54) is 27.6 Å². The van der Waals surface area contributed by atoms with Crippen LogP contribution in [0.3, 0.4) is 0 Å². The Labute approximate surface area is 179 Å². The second-order valence-electron chi connectivity index (χ2n) is 6.35. The third kappa shape index (κ3) is 4.63. The molecule has 2 N–H and O–H groups in total. The fourth-order valence-electron chi connectivity index (χ4n) is 2.98. The zero-order valence-electron chi connectivity index (χ0n) is 17.7. The van der Waals surface area contributed by atoms with Gasteiger partial charge in [-0.3, -0.25) is 14.3 Å². The summed E-state index contributed by atoms with van der Waals surface area (Å²) in [6, 6.07) is 6.63. The van der Waals surface area contributed by atoms with Gasteiger partial charge in [-0.2, -0.15) is 5.10 Å². The number of benzene rings is 1. The van der Waals surface area contributed by atoms with Crippen LogP contribution < -0.4 is 24.8 Å². The number of furan rings is 1. The van der Waals surface area contributed by atoms with Gasteiger partial charge in [-0.1, -0.05) is 0 Å². The number of nitrogens with one attached hydrogen (secondary N) is 2. The van der Waals surface area contributed by atoms with Crippen LogP contribution in [-0.4, -0.2) is 42.9 Å². The van der Waals surface area contributed by atoms with E-state index in [-0.39, 0.29) is 29.2 Å². The molecule has 0 aliphatic carbocycles. The van der Waals surface area contributed by atoms with E-state index in [4.69, 9.17) is 18.6 Å². The summed E-state index contributed by atoms with van der Waals surface area (Å²) in [5, 5.41) is 9.73. The lowest BCUT2D eigenvalue weighted by Gasteiger charge is -2.15. The highest BCUT2D eigenvalue weighted by molar-refractivity contribution is 6.10. The molecule has 0 saturated carbocycles. The van der Waals surface area contributed by atoms with Crippen LogP contribution in [0, 0.1) is 0 Å². The van der Waals surface area contributed by atoms with Crippen LogP contribution in [0.4, 0.5) is 5.69 Å². The Bertz CT molecular complexity index is 1060. The van der Waals surface area contributed by atoms with E-state index < -0.39 is 11.8 Å². The molecular formula is C21H24N4O6. The topological polar surface area (TPSA) is 117 Å². The molecule has 31 heavy (non-hydrogen) atoms. The van der Waals surface area contributed by atoms with Gasteiger partial charge in [0.15, 0.2) is 17.2 Å². The first-order chi connectivity index (χ1) is 15.0. The van der Waals surface area contributed by atoms with Crippen molar-refractivity contribution in [3.05, 3.63) is 53.7 Å². The molecule has 3 rings (SSSR count). The number of carbonyl (C=O) groups excluding carboxylic acids is 2.